The standard InChI is InChI=1S/C21H25N3O3S/c1-14-5-3-7-16(9-14)22-19(25)11-17-12-20(26)24-21(23-17)28-13-15-6-4-8-18(10-15)27-2/h3-10,17,21,23H,11-13H2,1-2H3,(H,22,25)(H,24,26). The summed E-state index contributed by atoms with van der Waals surface area (Å²) in [5.74, 6) is 1.38. The van der Waals surface area contributed by atoms with Gasteiger partial charge in [0.25, 0.3) is 0 Å². The third-order valence-electron chi connectivity index (χ3n) is 4.40. The molecule has 1 saturated heterocycles. The number of nitrogens with one attached hydrogen (secondary N) is 3. The van der Waals surface area contributed by atoms with Gasteiger partial charge in [-0.3, -0.25) is 14.9 Å². The molecule has 1 heterocycles. The highest BCUT2D eigenvalue weighted by molar-refractivity contribution is 7.99. The number of thioether (sulfide) groups is 1. The minimum absolute atomic E-state index is 0.0461. The number of benzene rings is 2. The number of carbonyl (C=O) groups excluding carboxylic acids is 2. The lowest BCUT2D eigenvalue weighted by molar-refractivity contribution is -0.124. The third-order valence-corrected chi connectivity index (χ3v) is 5.48. The Morgan fingerprint density at radius 3 is 2.86 bits per heavy atom. The molecule has 2 unspecified atom stereocenters. The molecule has 0 aromatic heterocycles. The second kappa shape index (κ2) is 9.61. The first-order valence-corrected chi connectivity index (χ1v) is 10.2. The molecular formula is C21H25N3O3S. The summed E-state index contributed by atoms with van der Waals surface area (Å²) in [7, 11) is 1.64. The van der Waals surface area contributed by atoms with Crippen molar-refractivity contribution in [3.05, 3.63) is 59.7 Å². The zero-order valence-electron chi connectivity index (χ0n) is 16.0. The molecule has 2 aromatic carbocycles. The Balaban J connectivity index is 1.52. The predicted octanol–water partition coefficient (Wildman–Crippen LogP) is 3.03. The second-order valence-corrected chi connectivity index (χ2v) is 7.89. The van der Waals surface area contributed by atoms with Gasteiger partial charge in [-0.25, -0.2) is 0 Å². The van der Waals surface area contributed by atoms with Crippen LogP contribution in [0.1, 0.15) is 24.0 Å². The van der Waals surface area contributed by atoms with E-state index in [0.29, 0.717) is 0 Å². The van der Waals surface area contributed by atoms with E-state index >= 15 is 0 Å². The van der Waals surface area contributed by atoms with Gasteiger partial charge < -0.3 is 15.4 Å². The maximum absolute atomic E-state index is 12.4. The quantitative estimate of drug-likeness (QED) is 0.667. The summed E-state index contributed by atoms with van der Waals surface area (Å²) in [6.45, 7) is 1.98. The predicted molar refractivity (Wildman–Crippen MR) is 112 cm³/mol. The Hall–Kier alpha value is -2.51. The average Bonchev–Trinajstić information content (AvgIpc) is 2.66. The molecule has 0 saturated carbocycles. The topological polar surface area (TPSA) is 79.5 Å². The van der Waals surface area contributed by atoms with Crippen LogP contribution < -0.4 is 20.7 Å². The van der Waals surface area contributed by atoms with Crippen molar-refractivity contribution < 1.29 is 14.3 Å². The summed E-state index contributed by atoms with van der Waals surface area (Å²) in [4.78, 5) is 24.4. The third kappa shape index (κ3) is 6.00. The van der Waals surface area contributed by atoms with Crippen molar-refractivity contribution in [2.45, 2.75) is 37.1 Å². The summed E-state index contributed by atoms with van der Waals surface area (Å²) < 4.78 is 5.24. The van der Waals surface area contributed by atoms with E-state index in [1.54, 1.807) is 18.9 Å². The van der Waals surface area contributed by atoms with E-state index in [0.717, 1.165) is 28.3 Å². The Kier molecular flexibility index (Phi) is 6.95. The Bertz CT molecular complexity index is 843. The van der Waals surface area contributed by atoms with Crippen LogP contribution in [0.3, 0.4) is 0 Å². The number of hydrogen-bond donors (Lipinski definition) is 3. The number of anilines is 1. The molecule has 2 amide bonds. The van der Waals surface area contributed by atoms with Crippen molar-refractivity contribution in [2.75, 3.05) is 12.4 Å². The van der Waals surface area contributed by atoms with Crippen LogP contribution in [-0.4, -0.2) is 30.5 Å². The fourth-order valence-corrected chi connectivity index (χ4v) is 4.11. The highest BCUT2D eigenvalue weighted by Gasteiger charge is 2.27. The largest absolute Gasteiger partial charge is 0.497 e. The Labute approximate surface area is 169 Å². The van der Waals surface area contributed by atoms with Gasteiger partial charge in [0, 0.05) is 30.3 Å². The van der Waals surface area contributed by atoms with Crippen molar-refractivity contribution in [1.82, 2.24) is 10.6 Å². The van der Waals surface area contributed by atoms with Gasteiger partial charge in [-0.15, -0.1) is 11.8 Å². The first kappa shape index (κ1) is 20.2. The van der Waals surface area contributed by atoms with Crippen LogP contribution in [0.15, 0.2) is 48.5 Å². The molecule has 1 fully saturated rings. The van der Waals surface area contributed by atoms with Gasteiger partial charge in [-0.1, -0.05) is 24.3 Å². The van der Waals surface area contributed by atoms with E-state index in [2.05, 4.69) is 16.0 Å². The van der Waals surface area contributed by atoms with E-state index in [1.807, 2.05) is 55.5 Å². The summed E-state index contributed by atoms with van der Waals surface area (Å²) >= 11 is 1.58. The lowest BCUT2D eigenvalue weighted by Crippen LogP contribution is -2.55. The molecule has 2 aromatic rings. The normalized spacial score (nSPS) is 19.0. The molecule has 6 nitrogen and oxygen atoms in total. The van der Waals surface area contributed by atoms with E-state index in [-0.39, 0.29) is 36.2 Å². The molecule has 148 valence electrons. The molecule has 3 N–H and O–H groups in total. The minimum Gasteiger partial charge on any atom is -0.497 e. The zero-order valence-corrected chi connectivity index (χ0v) is 16.8. The number of hydrogen-bond acceptors (Lipinski definition) is 5. The van der Waals surface area contributed by atoms with Crippen LogP contribution in [0.2, 0.25) is 0 Å². The molecule has 3 rings (SSSR count). The number of carbonyl (C=O) groups is 2. The summed E-state index contributed by atoms with van der Waals surface area (Å²) in [6.07, 6.45) is 0.537. The zero-order chi connectivity index (χ0) is 19.9. The highest BCUT2D eigenvalue weighted by Crippen LogP contribution is 2.22. The van der Waals surface area contributed by atoms with Crippen molar-refractivity contribution in [1.29, 1.82) is 0 Å². The molecule has 2 atom stereocenters. The summed E-state index contributed by atoms with van der Waals surface area (Å²) in [6, 6.07) is 15.3. The Morgan fingerprint density at radius 1 is 1.25 bits per heavy atom. The van der Waals surface area contributed by atoms with Crippen molar-refractivity contribution in [3.63, 3.8) is 0 Å². The summed E-state index contributed by atoms with van der Waals surface area (Å²) in [5.41, 5.74) is 2.74. The number of methoxy groups -OCH3 is 1. The van der Waals surface area contributed by atoms with Gasteiger partial charge in [0.15, 0.2) is 0 Å². The molecule has 1 aliphatic heterocycles. The van der Waals surface area contributed by atoms with Crippen molar-refractivity contribution >= 4 is 29.3 Å². The van der Waals surface area contributed by atoms with Gasteiger partial charge in [-0.2, -0.15) is 0 Å². The fourth-order valence-electron chi connectivity index (χ4n) is 3.06. The van der Waals surface area contributed by atoms with Crippen LogP contribution in [0.25, 0.3) is 0 Å². The summed E-state index contributed by atoms with van der Waals surface area (Å²) in [5, 5.41) is 9.17. The monoisotopic (exact) mass is 399 g/mol. The maximum Gasteiger partial charge on any atom is 0.225 e. The maximum atomic E-state index is 12.4. The number of aryl methyl sites for hydroxylation is 1. The van der Waals surface area contributed by atoms with Gasteiger partial charge in [0.1, 0.15) is 11.2 Å². The molecule has 0 aliphatic carbocycles. The average molecular weight is 400 g/mol. The first-order valence-electron chi connectivity index (χ1n) is 9.18. The molecule has 7 heteroatoms. The van der Waals surface area contributed by atoms with Crippen LogP contribution >= 0.6 is 11.8 Å². The molecular weight excluding hydrogens is 374 g/mol. The minimum atomic E-state index is -0.232. The van der Waals surface area contributed by atoms with Gasteiger partial charge in [0.2, 0.25) is 11.8 Å². The number of amides is 2. The highest BCUT2D eigenvalue weighted by atomic mass is 32.2. The van der Waals surface area contributed by atoms with Crippen molar-refractivity contribution in [2.24, 2.45) is 0 Å². The van der Waals surface area contributed by atoms with E-state index < -0.39 is 0 Å². The molecule has 28 heavy (non-hydrogen) atoms. The van der Waals surface area contributed by atoms with Crippen LogP contribution in [0, 0.1) is 6.92 Å². The van der Waals surface area contributed by atoms with E-state index in [1.165, 1.54) is 0 Å². The van der Waals surface area contributed by atoms with Crippen LogP contribution in [0.5, 0.6) is 5.75 Å². The molecule has 0 radical (unpaired) electrons. The van der Waals surface area contributed by atoms with Gasteiger partial charge >= 0.3 is 0 Å². The number of ether oxygens (including phenoxy) is 1. The van der Waals surface area contributed by atoms with Crippen LogP contribution in [0.4, 0.5) is 5.69 Å². The van der Waals surface area contributed by atoms with E-state index in [4.69, 9.17) is 4.74 Å². The first-order chi connectivity index (χ1) is 13.5. The fraction of sp³-hybridized carbons (Fsp3) is 0.333. The second-order valence-electron chi connectivity index (χ2n) is 6.80. The lowest BCUT2D eigenvalue weighted by Gasteiger charge is -2.31. The Morgan fingerprint density at radius 2 is 2.07 bits per heavy atom. The lowest BCUT2D eigenvalue weighted by atomic mass is 10.1. The van der Waals surface area contributed by atoms with Crippen molar-refractivity contribution in [3.8, 4) is 5.75 Å². The smallest absolute Gasteiger partial charge is 0.225 e. The number of rotatable bonds is 7. The van der Waals surface area contributed by atoms with Gasteiger partial charge in [0.05, 0.1) is 7.11 Å². The van der Waals surface area contributed by atoms with Crippen LogP contribution in [-0.2, 0) is 15.3 Å². The molecule has 0 spiro atoms. The molecule has 0 bridgehead atoms. The SMILES string of the molecule is COc1cccc(CSC2NC(=O)CC(CC(=O)Nc3cccc(C)c3)N2)c1. The molecule has 1 aliphatic rings. The van der Waals surface area contributed by atoms with E-state index in [9.17, 15) is 9.59 Å². The van der Waals surface area contributed by atoms with Gasteiger partial charge in [-0.05, 0) is 42.3 Å².